The van der Waals surface area contributed by atoms with Crippen molar-refractivity contribution in [1.29, 1.82) is 0 Å². The largest absolute Gasteiger partial charge is 0.481 e. The summed E-state index contributed by atoms with van der Waals surface area (Å²) in [6.07, 6.45) is 1.29. The maximum atomic E-state index is 12.1. The maximum absolute atomic E-state index is 12.1. The molecule has 1 saturated heterocycles. The first kappa shape index (κ1) is 17.3. The first-order chi connectivity index (χ1) is 9.78. The summed E-state index contributed by atoms with van der Waals surface area (Å²) in [6.45, 7) is 5.16. The summed E-state index contributed by atoms with van der Waals surface area (Å²) in [5, 5.41) is 14.0. The molecule has 0 spiro atoms. The molecule has 21 heavy (non-hydrogen) atoms. The zero-order valence-electron chi connectivity index (χ0n) is 12.9. The van der Waals surface area contributed by atoms with Gasteiger partial charge in [-0.25, -0.2) is 4.79 Å². The number of amides is 3. The van der Waals surface area contributed by atoms with Gasteiger partial charge in [-0.05, 0) is 25.7 Å². The Bertz CT molecular complexity index is 413. The highest BCUT2D eigenvalue weighted by molar-refractivity contribution is 5.84. The minimum Gasteiger partial charge on any atom is -0.481 e. The van der Waals surface area contributed by atoms with E-state index in [9.17, 15) is 14.4 Å². The number of carboxylic acids is 1. The molecule has 0 aliphatic carbocycles. The summed E-state index contributed by atoms with van der Waals surface area (Å²) >= 11 is 0. The molecule has 0 aromatic heterocycles. The third-order valence-electron chi connectivity index (χ3n) is 3.99. The molecule has 3 amide bonds. The third kappa shape index (κ3) is 4.91. The molecule has 0 radical (unpaired) electrons. The van der Waals surface area contributed by atoms with E-state index in [-0.39, 0.29) is 24.3 Å². The van der Waals surface area contributed by atoms with Crippen molar-refractivity contribution in [2.45, 2.75) is 33.1 Å². The number of carbonyl (C=O) groups is 3. The van der Waals surface area contributed by atoms with E-state index >= 15 is 0 Å². The van der Waals surface area contributed by atoms with E-state index in [1.54, 1.807) is 11.9 Å². The van der Waals surface area contributed by atoms with Gasteiger partial charge in [0.1, 0.15) is 0 Å². The summed E-state index contributed by atoms with van der Waals surface area (Å²) in [5.41, 5.74) is -0.527. The molecule has 7 nitrogen and oxygen atoms in total. The Morgan fingerprint density at radius 2 is 2.05 bits per heavy atom. The first-order valence-electron chi connectivity index (χ1n) is 7.25. The highest BCUT2D eigenvalue weighted by Crippen LogP contribution is 2.29. The molecular formula is C14H25N3O4. The van der Waals surface area contributed by atoms with Crippen molar-refractivity contribution >= 4 is 17.9 Å². The fourth-order valence-corrected chi connectivity index (χ4v) is 2.47. The van der Waals surface area contributed by atoms with E-state index in [1.807, 2.05) is 13.8 Å². The van der Waals surface area contributed by atoms with Crippen molar-refractivity contribution in [3.05, 3.63) is 0 Å². The zero-order valence-corrected chi connectivity index (χ0v) is 12.9. The molecule has 2 unspecified atom stereocenters. The van der Waals surface area contributed by atoms with Gasteiger partial charge >= 0.3 is 12.0 Å². The maximum Gasteiger partial charge on any atom is 0.317 e. The van der Waals surface area contributed by atoms with Crippen LogP contribution in [0.5, 0.6) is 0 Å². The number of aliphatic carboxylic acids is 1. The number of nitrogens with zero attached hydrogens (tertiary/aromatic N) is 1. The quantitative estimate of drug-likeness (QED) is 0.671. The van der Waals surface area contributed by atoms with E-state index in [4.69, 9.17) is 5.11 Å². The predicted octanol–water partition coefficient (Wildman–Crippen LogP) is 0.655. The SMILES string of the molecule is CNC(=O)C1(C)CCN(C(=O)NCC(C)CCC(=O)O)C1. The van der Waals surface area contributed by atoms with Crippen molar-refractivity contribution in [3.63, 3.8) is 0 Å². The van der Waals surface area contributed by atoms with Gasteiger partial charge in [0.05, 0.1) is 5.41 Å². The summed E-state index contributed by atoms with van der Waals surface area (Å²) in [4.78, 5) is 36.0. The molecule has 0 aromatic carbocycles. The topological polar surface area (TPSA) is 98.7 Å². The van der Waals surface area contributed by atoms with Gasteiger partial charge in [-0.3, -0.25) is 9.59 Å². The Labute approximate surface area is 125 Å². The van der Waals surface area contributed by atoms with E-state index < -0.39 is 11.4 Å². The molecule has 120 valence electrons. The van der Waals surface area contributed by atoms with E-state index in [0.717, 1.165) is 0 Å². The standard InChI is InChI=1S/C14H25N3O4/c1-10(4-5-11(18)19)8-16-13(21)17-7-6-14(2,9-17)12(20)15-3/h10H,4-9H2,1-3H3,(H,15,20)(H,16,21)(H,18,19). The highest BCUT2D eigenvalue weighted by Gasteiger charge is 2.41. The van der Waals surface area contributed by atoms with Crippen LogP contribution in [0.2, 0.25) is 0 Å². The summed E-state index contributed by atoms with van der Waals surface area (Å²) in [7, 11) is 1.60. The monoisotopic (exact) mass is 299 g/mol. The molecule has 7 heteroatoms. The van der Waals surface area contributed by atoms with Crippen molar-refractivity contribution in [2.75, 3.05) is 26.7 Å². The Hall–Kier alpha value is -1.79. The number of likely N-dealkylation sites (tertiary alicyclic amines) is 1. The molecule has 1 rings (SSSR count). The fourth-order valence-electron chi connectivity index (χ4n) is 2.47. The highest BCUT2D eigenvalue weighted by atomic mass is 16.4. The zero-order chi connectivity index (χ0) is 16.0. The minimum atomic E-state index is -0.825. The Morgan fingerprint density at radius 3 is 2.62 bits per heavy atom. The summed E-state index contributed by atoms with van der Waals surface area (Å²) in [6, 6.07) is -0.190. The van der Waals surface area contributed by atoms with Crippen LogP contribution in [0.15, 0.2) is 0 Å². The normalized spacial score (nSPS) is 22.7. The second kappa shape index (κ2) is 7.28. The number of rotatable bonds is 6. The molecule has 0 aromatic rings. The van der Waals surface area contributed by atoms with Crippen molar-refractivity contribution < 1.29 is 19.5 Å². The average molecular weight is 299 g/mol. The van der Waals surface area contributed by atoms with Gasteiger partial charge in [-0.2, -0.15) is 0 Å². The number of carbonyl (C=O) groups excluding carboxylic acids is 2. The van der Waals surface area contributed by atoms with Gasteiger partial charge in [0.15, 0.2) is 0 Å². The van der Waals surface area contributed by atoms with Crippen molar-refractivity contribution in [3.8, 4) is 0 Å². The number of nitrogens with one attached hydrogen (secondary N) is 2. The van der Waals surface area contributed by atoms with Crippen LogP contribution in [-0.2, 0) is 9.59 Å². The van der Waals surface area contributed by atoms with Gasteiger partial charge in [0.25, 0.3) is 0 Å². The lowest BCUT2D eigenvalue weighted by Gasteiger charge is -2.23. The second-order valence-electron chi connectivity index (χ2n) is 6.03. The van der Waals surface area contributed by atoms with Crippen LogP contribution in [0.25, 0.3) is 0 Å². The smallest absolute Gasteiger partial charge is 0.317 e. The van der Waals surface area contributed by atoms with E-state index in [1.165, 1.54) is 0 Å². The number of hydrogen-bond donors (Lipinski definition) is 3. The van der Waals surface area contributed by atoms with Crippen molar-refractivity contribution in [2.24, 2.45) is 11.3 Å². The lowest BCUT2D eigenvalue weighted by Crippen LogP contribution is -2.44. The first-order valence-corrected chi connectivity index (χ1v) is 7.25. The molecule has 3 N–H and O–H groups in total. The van der Waals surface area contributed by atoms with Crippen LogP contribution in [0.1, 0.15) is 33.1 Å². The molecule has 1 aliphatic heterocycles. The molecule has 0 bridgehead atoms. The van der Waals surface area contributed by atoms with Crippen LogP contribution in [0, 0.1) is 11.3 Å². The van der Waals surface area contributed by atoms with Gasteiger partial charge in [-0.1, -0.05) is 6.92 Å². The van der Waals surface area contributed by atoms with Crippen LogP contribution in [0.3, 0.4) is 0 Å². The fraction of sp³-hybridized carbons (Fsp3) is 0.786. The van der Waals surface area contributed by atoms with Crippen molar-refractivity contribution in [1.82, 2.24) is 15.5 Å². The Balaban J connectivity index is 2.37. The Morgan fingerprint density at radius 1 is 1.38 bits per heavy atom. The number of hydrogen-bond acceptors (Lipinski definition) is 3. The predicted molar refractivity (Wildman–Crippen MR) is 77.8 cm³/mol. The average Bonchev–Trinajstić information content (AvgIpc) is 2.85. The number of carboxylic acid groups (broad SMARTS) is 1. The van der Waals surface area contributed by atoms with Crippen LogP contribution >= 0.6 is 0 Å². The van der Waals surface area contributed by atoms with Gasteiger partial charge in [-0.15, -0.1) is 0 Å². The third-order valence-corrected chi connectivity index (χ3v) is 3.99. The molecule has 1 fully saturated rings. The molecule has 1 aliphatic rings. The number of urea groups is 1. The Kier molecular flexibility index (Phi) is 5.99. The van der Waals surface area contributed by atoms with Gasteiger partial charge in [0.2, 0.25) is 5.91 Å². The lowest BCUT2D eigenvalue weighted by atomic mass is 9.89. The minimum absolute atomic E-state index is 0.0485. The molecule has 2 atom stereocenters. The van der Waals surface area contributed by atoms with E-state index in [0.29, 0.717) is 32.5 Å². The van der Waals surface area contributed by atoms with Crippen LogP contribution in [-0.4, -0.2) is 54.6 Å². The van der Waals surface area contributed by atoms with Gasteiger partial charge in [0, 0.05) is 33.1 Å². The van der Waals surface area contributed by atoms with E-state index in [2.05, 4.69) is 10.6 Å². The summed E-state index contributed by atoms with van der Waals surface area (Å²) < 4.78 is 0. The lowest BCUT2D eigenvalue weighted by molar-refractivity contribution is -0.137. The molecular weight excluding hydrogens is 274 g/mol. The van der Waals surface area contributed by atoms with Crippen LogP contribution < -0.4 is 10.6 Å². The van der Waals surface area contributed by atoms with Crippen LogP contribution in [0.4, 0.5) is 4.79 Å². The molecule has 0 saturated carbocycles. The molecule has 1 heterocycles. The van der Waals surface area contributed by atoms with Gasteiger partial charge < -0.3 is 20.6 Å². The second-order valence-corrected chi connectivity index (χ2v) is 6.03. The summed E-state index contributed by atoms with van der Waals surface area (Å²) in [5.74, 6) is -0.764.